The molecule has 1 aromatic carbocycles. The number of hydrogen-bond acceptors (Lipinski definition) is 3. The molecule has 1 amide bonds. The van der Waals surface area contributed by atoms with Crippen molar-refractivity contribution < 1.29 is 9.53 Å². The van der Waals surface area contributed by atoms with Crippen molar-refractivity contribution in [3.8, 4) is 5.75 Å². The standard InChI is InChI=1S/C16H22N2O2/c17-16(19)13-4-8-18(9-5-13)7-3-12-1-2-15-14(11-12)6-10-20-15/h1-2,11,13H,3-10H2,(H2,17,19). The van der Waals surface area contributed by atoms with Crippen molar-refractivity contribution in [1.82, 2.24) is 4.90 Å². The van der Waals surface area contributed by atoms with Gasteiger partial charge in [-0.2, -0.15) is 0 Å². The van der Waals surface area contributed by atoms with Crippen LogP contribution in [0.5, 0.6) is 5.75 Å². The Kier molecular flexibility index (Phi) is 3.92. The van der Waals surface area contributed by atoms with Gasteiger partial charge in [0.1, 0.15) is 5.75 Å². The smallest absolute Gasteiger partial charge is 0.220 e. The van der Waals surface area contributed by atoms with E-state index in [9.17, 15) is 4.79 Å². The lowest BCUT2D eigenvalue weighted by molar-refractivity contribution is -0.123. The van der Waals surface area contributed by atoms with Crippen molar-refractivity contribution >= 4 is 5.91 Å². The van der Waals surface area contributed by atoms with E-state index in [2.05, 4.69) is 23.1 Å². The highest BCUT2D eigenvalue weighted by Crippen LogP contribution is 2.26. The number of fused-ring (bicyclic) bond motifs is 1. The third kappa shape index (κ3) is 2.96. The zero-order valence-electron chi connectivity index (χ0n) is 11.8. The summed E-state index contributed by atoms with van der Waals surface area (Å²) in [5.41, 5.74) is 8.08. The lowest BCUT2D eigenvalue weighted by Gasteiger charge is -2.30. The fourth-order valence-electron chi connectivity index (χ4n) is 3.12. The predicted molar refractivity (Wildman–Crippen MR) is 77.7 cm³/mol. The van der Waals surface area contributed by atoms with Gasteiger partial charge in [0, 0.05) is 18.9 Å². The molecule has 2 N–H and O–H groups in total. The van der Waals surface area contributed by atoms with E-state index >= 15 is 0 Å². The molecule has 1 saturated heterocycles. The zero-order chi connectivity index (χ0) is 13.9. The van der Waals surface area contributed by atoms with Crippen LogP contribution in [0.4, 0.5) is 0 Å². The van der Waals surface area contributed by atoms with Crippen LogP contribution in [-0.2, 0) is 17.6 Å². The van der Waals surface area contributed by atoms with E-state index < -0.39 is 0 Å². The summed E-state index contributed by atoms with van der Waals surface area (Å²) in [7, 11) is 0. The normalized spacial score (nSPS) is 19.6. The Bertz CT molecular complexity index is 493. The number of carbonyl (C=O) groups excluding carboxylic acids is 1. The molecular formula is C16H22N2O2. The van der Waals surface area contributed by atoms with Gasteiger partial charge in [-0.05, 0) is 49.5 Å². The van der Waals surface area contributed by atoms with E-state index in [1.165, 1.54) is 11.1 Å². The number of amides is 1. The molecule has 2 aliphatic rings. The summed E-state index contributed by atoms with van der Waals surface area (Å²) in [6, 6.07) is 6.54. The van der Waals surface area contributed by atoms with Crippen molar-refractivity contribution in [2.45, 2.75) is 25.7 Å². The van der Waals surface area contributed by atoms with E-state index in [1.807, 2.05) is 0 Å². The summed E-state index contributed by atoms with van der Waals surface area (Å²) in [4.78, 5) is 13.6. The SMILES string of the molecule is NC(=O)C1CCN(CCc2ccc3c(c2)CCO3)CC1. The molecule has 2 heterocycles. The average Bonchev–Trinajstić information content (AvgIpc) is 2.93. The molecule has 4 heteroatoms. The van der Waals surface area contributed by atoms with E-state index in [0.717, 1.165) is 57.7 Å². The Balaban J connectivity index is 1.49. The Morgan fingerprint density at radius 3 is 2.90 bits per heavy atom. The van der Waals surface area contributed by atoms with Gasteiger partial charge in [0.2, 0.25) is 5.91 Å². The summed E-state index contributed by atoms with van der Waals surface area (Å²) in [6.45, 7) is 3.86. The molecule has 0 saturated carbocycles. The Hall–Kier alpha value is -1.55. The maximum absolute atomic E-state index is 11.1. The number of primary amides is 1. The molecule has 0 aliphatic carbocycles. The first-order valence-electron chi connectivity index (χ1n) is 7.48. The molecular weight excluding hydrogens is 252 g/mol. The maximum Gasteiger partial charge on any atom is 0.220 e. The molecule has 0 unspecified atom stereocenters. The third-order valence-corrected chi connectivity index (χ3v) is 4.46. The number of hydrogen-bond donors (Lipinski definition) is 1. The molecule has 0 spiro atoms. The number of ether oxygens (including phenoxy) is 1. The second-order valence-corrected chi connectivity index (χ2v) is 5.81. The van der Waals surface area contributed by atoms with Gasteiger partial charge in [0.05, 0.1) is 6.61 Å². The zero-order valence-corrected chi connectivity index (χ0v) is 11.8. The van der Waals surface area contributed by atoms with Crippen molar-refractivity contribution in [2.75, 3.05) is 26.2 Å². The molecule has 1 aromatic rings. The molecule has 108 valence electrons. The maximum atomic E-state index is 11.1. The number of nitrogens with two attached hydrogens (primary N) is 1. The van der Waals surface area contributed by atoms with Crippen LogP contribution in [0.2, 0.25) is 0 Å². The number of rotatable bonds is 4. The molecule has 0 atom stereocenters. The predicted octanol–water partition coefficient (Wildman–Crippen LogP) is 1.36. The first-order chi connectivity index (χ1) is 9.72. The minimum Gasteiger partial charge on any atom is -0.493 e. The molecule has 20 heavy (non-hydrogen) atoms. The average molecular weight is 274 g/mol. The molecule has 4 nitrogen and oxygen atoms in total. The largest absolute Gasteiger partial charge is 0.493 e. The molecule has 1 fully saturated rings. The van der Waals surface area contributed by atoms with Crippen LogP contribution in [0.3, 0.4) is 0 Å². The minimum atomic E-state index is -0.136. The first-order valence-corrected chi connectivity index (χ1v) is 7.48. The van der Waals surface area contributed by atoms with Gasteiger partial charge in [-0.25, -0.2) is 0 Å². The Labute approximate surface area is 119 Å². The summed E-state index contributed by atoms with van der Waals surface area (Å²) < 4.78 is 5.53. The van der Waals surface area contributed by atoms with Crippen LogP contribution in [0, 0.1) is 5.92 Å². The van der Waals surface area contributed by atoms with Gasteiger partial charge in [-0.15, -0.1) is 0 Å². The van der Waals surface area contributed by atoms with E-state index in [0.29, 0.717) is 0 Å². The molecule has 0 radical (unpaired) electrons. The van der Waals surface area contributed by atoms with Crippen LogP contribution in [0.15, 0.2) is 18.2 Å². The van der Waals surface area contributed by atoms with Gasteiger partial charge in [0.15, 0.2) is 0 Å². The quantitative estimate of drug-likeness (QED) is 0.902. The van der Waals surface area contributed by atoms with E-state index in [-0.39, 0.29) is 11.8 Å². The summed E-state index contributed by atoms with van der Waals surface area (Å²) in [6.07, 6.45) is 3.92. The number of benzene rings is 1. The summed E-state index contributed by atoms with van der Waals surface area (Å²) in [5, 5.41) is 0. The Morgan fingerprint density at radius 1 is 1.35 bits per heavy atom. The summed E-state index contributed by atoms with van der Waals surface area (Å²) in [5.74, 6) is 1.00. The monoisotopic (exact) mass is 274 g/mol. The van der Waals surface area contributed by atoms with Crippen LogP contribution in [0.25, 0.3) is 0 Å². The third-order valence-electron chi connectivity index (χ3n) is 4.46. The fourth-order valence-corrected chi connectivity index (χ4v) is 3.12. The fraction of sp³-hybridized carbons (Fsp3) is 0.562. The highest BCUT2D eigenvalue weighted by molar-refractivity contribution is 5.76. The lowest BCUT2D eigenvalue weighted by atomic mass is 9.96. The van der Waals surface area contributed by atoms with Crippen LogP contribution in [-0.4, -0.2) is 37.0 Å². The van der Waals surface area contributed by atoms with Gasteiger partial charge in [-0.3, -0.25) is 4.79 Å². The van der Waals surface area contributed by atoms with Gasteiger partial charge < -0.3 is 15.4 Å². The van der Waals surface area contributed by atoms with Gasteiger partial charge >= 0.3 is 0 Å². The second kappa shape index (κ2) is 5.83. The lowest BCUT2D eigenvalue weighted by Crippen LogP contribution is -2.39. The molecule has 0 aromatic heterocycles. The minimum absolute atomic E-state index is 0.0865. The molecule has 3 rings (SSSR count). The second-order valence-electron chi connectivity index (χ2n) is 5.81. The number of piperidine rings is 1. The number of nitrogens with zero attached hydrogens (tertiary/aromatic N) is 1. The van der Waals surface area contributed by atoms with E-state index in [4.69, 9.17) is 10.5 Å². The van der Waals surface area contributed by atoms with Crippen LogP contribution >= 0.6 is 0 Å². The van der Waals surface area contributed by atoms with Crippen LogP contribution < -0.4 is 10.5 Å². The molecule has 0 bridgehead atoms. The van der Waals surface area contributed by atoms with E-state index in [1.54, 1.807) is 0 Å². The van der Waals surface area contributed by atoms with Gasteiger partial charge in [-0.1, -0.05) is 12.1 Å². The van der Waals surface area contributed by atoms with Crippen molar-refractivity contribution in [3.05, 3.63) is 29.3 Å². The van der Waals surface area contributed by atoms with Crippen molar-refractivity contribution in [2.24, 2.45) is 11.7 Å². The highest BCUT2D eigenvalue weighted by Gasteiger charge is 2.22. The van der Waals surface area contributed by atoms with Crippen molar-refractivity contribution in [1.29, 1.82) is 0 Å². The number of carbonyl (C=O) groups is 1. The molecule has 2 aliphatic heterocycles. The highest BCUT2D eigenvalue weighted by atomic mass is 16.5. The first kappa shape index (κ1) is 13.4. The van der Waals surface area contributed by atoms with Crippen molar-refractivity contribution in [3.63, 3.8) is 0 Å². The van der Waals surface area contributed by atoms with Crippen LogP contribution in [0.1, 0.15) is 24.0 Å². The van der Waals surface area contributed by atoms with Gasteiger partial charge in [0.25, 0.3) is 0 Å². The summed E-state index contributed by atoms with van der Waals surface area (Å²) >= 11 is 0. The Morgan fingerprint density at radius 2 is 2.15 bits per heavy atom. The topological polar surface area (TPSA) is 55.6 Å². The number of likely N-dealkylation sites (tertiary alicyclic amines) is 1.